The van der Waals surface area contributed by atoms with Crippen molar-refractivity contribution in [1.29, 1.82) is 0 Å². The van der Waals surface area contributed by atoms with E-state index in [1.165, 1.54) is 6.20 Å². The summed E-state index contributed by atoms with van der Waals surface area (Å²) >= 11 is 0.803. The van der Waals surface area contributed by atoms with Crippen LogP contribution in [0.5, 0.6) is 0 Å². The molecule has 0 unspecified atom stereocenters. The van der Waals surface area contributed by atoms with E-state index in [9.17, 15) is 14.0 Å². The summed E-state index contributed by atoms with van der Waals surface area (Å²) in [5.41, 5.74) is -1.09. The van der Waals surface area contributed by atoms with Gasteiger partial charge >= 0.3 is 11.9 Å². The van der Waals surface area contributed by atoms with E-state index in [0.717, 1.165) is 17.8 Å². The van der Waals surface area contributed by atoms with E-state index in [-0.39, 0.29) is 10.8 Å². The normalized spacial score (nSPS) is 11.2. The van der Waals surface area contributed by atoms with Gasteiger partial charge in [-0.1, -0.05) is 11.8 Å². The number of carbonyl (C=O) groups excluding carboxylic acids is 1. The van der Waals surface area contributed by atoms with Crippen LogP contribution >= 0.6 is 11.8 Å². The maximum Gasteiger partial charge on any atom is 0.338 e. The first kappa shape index (κ1) is 15.4. The Hall–Kier alpha value is -1.63. The summed E-state index contributed by atoms with van der Waals surface area (Å²) in [6, 6.07) is 1.06. The van der Waals surface area contributed by atoms with Crippen LogP contribution in [0.25, 0.3) is 0 Å². The van der Waals surface area contributed by atoms with E-state index in [1.807, 2.05) is 0 Å². The topological polar surface area (TPSA) is 76.5 Å². The van der Waals surface area contributed by atoms with Crippen LogP contribution in [0.3, 0.4) is 0 Å². The molecule has 0 bridgehead atoms. The van der Waals surface area contributed by atoms with E-state index in [0.29, 0.717) is 0 Å². The molecule has 0 fully saturated rings. The number of pyridine rings is 1. The number of carbonyl (C=O) groups is 2. The molecule has 104 valence electrons. The largest absolute Gasteiger partial charge is 0.478 e. The van der Waals surface area contributed by atoms with Crippen molar-refractivity contribution >= 4 is 23.7 Å². The smallest absolute Gasteiger partial charge is 0.338 e. The maximum absolute atomic E-state index is 13.7. The lowest BCUT2D eigenvalue weighted by atomic mass is 10.2. The first-order valence-electron chi connectivity index (χ1n) is 5.43. The molecule has 1 aromatic heterocycles. The number of ether oxygens (including phenoxy) is 1. The molecule has 7 heteroatoms. The average Bonchev–Trinajstić information content (AvgIpc) is 2.24. The van der Waals surface area contributed by atoms with E-state index < -0.39 is 28.9 Å². The summed E-state index contributed by atoms with van der Waals surface area (Å²) in [7, 11) is 0. The Morgan fingerprint density at radius 1 is 1.47 bits per heavy atom. The van der Waals surface area contributed by atoms with Crippen LogP contribution in [0, 0.1) is 5.82 Å². The number of esters is 1. The fourth-order valence-electron chi connectivity index (χ4n) is 1.19. The summed E-state index contributed by atoms with van der Waals surface area (Å²) in [5.74, 6) is -2.97. The van der Waals surface area contributed by atoms with Gasteiger partial charge in [-0.3, -0.25) is 4.79 Å². The molecule has 0 spiro atoms. The van der Waals surface area contributed by atoms with Crippen molar-refractivity contribution in [1.82, 2.24) is 4.98 Å². The van der Waals surface area contributed by atoms with Gasteiger partial charge < -0.3 is 9.84 Å². The quantitative estimate of drug-likeness (QED) is 0.676. The highest BCUT2D eigenvalue weighted by molar-refractivity contribution is 7.99. The van der Waals surface area contributed by atoms with Gasteiger partial charge in [0.2, 0.25) is 0 Å². The van der Waals surface area contributed by atoms with Crippen LogP contribution in [0.2, 0.25) is 0 Å². The second kappa shape index (κ2) is 6.01. The Labute approximate surface area is 114 Å². The molecule has 0 amide bonds. The van der Waals surface area contributed by atoms with Gasteiger partial charge in [-0.25, -0.2) is 14.2 Å². The Bertz CT molecular complexity index is 499. The number of hydrogen-bond donors (Lipinski definition) is 1. The molecule has 1 aromatic rings. The third kappa shape index (κ3) is 4.86. The zero-order valence-electron chi connectivity index (χ0n) is 10.8. The summed E-state index contributed by atoms with van der Waals surface area (Å²) in [6.07, 6.45) is 1.18. The molecule has 0 aromatic carbocycles. The number of carboxylic acids is 1. The first-order valence-corrected chi connectivity index (χ1v) is 6.41. The van der Waals surface area contributed by atoms with Gasteiger partial charge in [0.05, 0.1) is 11.3 Å². The molecular weight excluding hydrogens is 273 g/mol. The number of nitrogens with zero attached hydrogens (tertiary/aromatic N) is 1. The number of carboxylic acid groups (broad SMARTS) is 1. The van der Waals surface area contributed by atoms with Crippen LogP contribution in [0.1, 0.15) is 31.1 Å². The number of thioether (sulfide) groups is 1. The molecule has 0 radical (unpaired) electrons. The highest BCUT2D eigenvalue weighted by Gasteiger charge is 2.19. The Morgan fingerprint density at radius 2 is 2.11 bits per heavy atom. The van der Waals surface area contributed by atoms with Gasteiger partial charge in [0.1, 0.15) is 10.6 Å². The minimum atomic E-state index is -1.38. The average molecular weight is 287 g/mol. The van der Waals surface area contributed by atoms with Gasteiger partial charge in [0.15, 0.2) is 5.82 Å². The van der Waals surface area contributed by atoms with Crippen LogP contribution in [0.4, 0.5) is 4.39 Å². The Balaban J connectivity index is 2.71. The van der Waals surface area contributed by atoms with Gasteiger partial charge in [-0.2, -0.15) is 0 Å². The van der Waals surface area contributed by atoms with Crippen LogP contribution in [-0.2, 0) is 9.53 Å². The molecule has 1 rings (SSSR count). The maximum atomic E-state index is 13.7. The van der Waals surface area contributed by atoms with E-state index in [1.54, 1.807) is 20.8 Å². The molecule has 19 heavy (non-hydrogen) atoms. The predicted octanol–water partition coefficient (Wildman–Crippen LogP) is 2.35. The Kier molecular flexibility index (Phi) is 4.88. The first-order chi connectivity index (χ1) is 8.70. The molecular formula is C12H14FNO4S. The number of aromatic carboxylic acids is 1. The van der Waals surface area contributed by atoms with Gasteiger partial charge in [0, 0.05) is 6.20 Å². The van der Waals surface area contributed by atoms with Crippen LogP contribution < -0.4 is 0 Å². The number of aromatic nitrogens is 1. The molecule has 1 heterocycles. The zero-order valence-corrected chi connectivity index (χ0v) is 11.6. The van der Waals surface area contributed by atoms with Crippen LogP contribution in [-0.4, -0.2) is 33.4 Å². The van der Waals surface area contributed by atoms with Crippen molar-refractivity contribution in [2.24, 2.45) is 0 Å². The SMILES string of the molecule is CC(C)(C)OC(=O)CSc1nccc(C(=O)O)c1F. The monoisotopic (exact) mass is 287 g/mol. The van der Waals surface area contributed by atoms with E-state index in [2.05, 4.69) is 4.98 Å². The predicted molar refractivity (Wildman–Crippen MR) is 67.7 cm³/mol. The molecule has 0 aliphatic rings. The van der Waals surface area contributed by atoms with Crippen molar-refractivity contribution in [3.63, 3.8) is 0 Å². The minimum Gasteiger partial charge on any atom is -0.478 e. The zero-order chi connectivity index (χ0) is 14.6. The number of rotatable bonds is 4. The van der Waals surface area contributed by atoms with Gasteiger partial charge in [0.25, 0.3) is 0 Å². The molecule has 0 aliphatic heterocycles. The molecule has 0 atom stereocenters. The second-order valence-electron chi connectivity index (χ2n) is 4.66. The molecule has 0 saturated carbocycles. The number of halogens is 1. The lowest BCUT2D eigenvalue weighted by molar-refractivity contribution is -0.151. The number of hydrogen-bond acceptors (Lipinski definition) is 5. The van der Waals surface area contributed by atoms with Crippen molar-refractivity contribution < 1.29 is 23.8 Å². The van der Waals surface area contributed by atoms with Crippen molar-refractivity contribution in [2.45, 2.75) is 31.4 Å². The highest BCUT2D eigenvalue weighted by atomic mass is 32.2. The summed E-state index contributed by atoms with van der Waals surface area (Å²) in [5, 5.41) is 8.62. The summed E-state index contributed by atoms with van der Waals surface area (Å²) < 4.78 is 18.7. The molecule has 5 nitrogen and oxygen atoms in total. The minimum absolute atomic E-state index is 0.134. The fraction of sp³-hybridized carbons (Fsp3) is 0.417. The van der Waals surface area contributed by atoms with E-state index >= 15 is 0 Å². The third-order valence-electron chi connectivity index (χ3n) is 1.83. The van der Waals surface area contributed by atoms with Crippen molar-refractivity contribution in [3.05, 3.63) is 23.6 Å². The van der Waals surface area contributed by atoms with E-state index in [4.69, 9.17) is 9.84 Å². The van der Waals surface area contributed by atoms with Crippen LogP contribution in [0.15, 0.2) is 17.3 Å². The lowest BCUT2D eigenvalue weighted by Crippen LogP contribution is -2.25. The summed E-state index contributed by atoms with van der Waals surface area (Å²) in [4.78, 5) is 25.9. The van der Waals surface area contributed by atoms with Crippen molar-refractivity contribution in [3.8, 4) is 0 Å². The molecule has 1 N–H and O–H groups in total. The lowest BCUT2D eigenvalue weighted by Gasteiger charge is -2.19. The molecule has 0 aliphatic carbocycles. The fourth-order valence-corrected chi connectivity index (χ4v) is 1.87. The summed E-state index contributed by atoms with van der Waals surface area (Å²) in [6.45, 7) is 5.17. The molecule has 0 saturated heterocycles. The standard InChI is InChI=1S/C12H14FNO4S/c1-12(2,3)18-8(15)6-19-10-9(13)7(11(16)17)4-5-14-10/h4-5H,6H2,1-3H3,(H,16,17). The second-order valence-corrected chi connectivity index (χ2v) is 5.62. The highest BCUT2D eigenvalue weighted by Crippen LogP contribution is 2.22. The van der Waals surface area contributed by atoms with Gasteiger partial charge in [-0.05, 0) is 26.8 Å². The van der Waals surface area contributed by atoms with Crippen molar-refractivity contribution in [2.75, 3.05) is 5.75 Å². The third-order valence-corrected chi connectivity index (χ3v) is 2.77. The van der Waals surface area contributed by atoms with Gasteiger partial charge in [-0.15, -0.1) is 0 Å². The Morgan fingerprint density at radius 3 is 2.63 bits per heavy atom.